The first kappa shape index (κ1) is 9.26. The van der Waals surface area contributed by atoms with Crippen molar-refractivity contribution in [2.45, 2.75) is 19.8 Å². The summed E-state index contributed by atoms with van der Waals surface area (Å²) in [5.74, 6) is 2.53. The maximum Gasteiger partial charge on any atom is 0.0573 e. The zero-order valence-corrected chi connectivity index (χ0v) is 6.56. The second kappa shape index (κ2) is 8.26. The van der Waals surface area contributed by atoms with Gasteiger partial charge in [0.25, 0.3) is 0 Å². The number of unbranched alkanes of at least 4 members (excludes halogenated alkanes) is 1. The van der Waals surface area contributed by atoms with Gasteiger partial charge >= 0.3 is 0 Å². The lowest BCUT2D eigenvalue weighted by molar-refractivity contribution is 0.707. The molecule has 0 rings (SSSR count). The third kappa shape index (κ3) is 7.26. The van der Waals surface area contributed by atoms with Crippen molar-refractivity contribution in [3.63, 3.8) is 0 Å². The number of hydrogen-bond donors (Lipinski definition) is 1. The molecule has 0 atom stereocenters. The molecule has 0 saturated carbocycles. The van der Waals surface area contributed by atoms with Crippen molar-refractivity contribution >= 4 is 0 Å². The fraction of sp³-hybridized carbons (Fsp3) is 0.556. The molecule has 10 heavy (non-hydrogen) atoms. The van der Waals surface area contributed by atoms with Crippen LogP contribution >= 0.6 is 0 Å². The van der Waals surface area contributed by atoms with Crippen molar-refractivity contribution < 1.29 is 0 Å². The predicted octanol–water partition coefficient (Wildman–Crippen LogP) is 1.57. The van der Waals surface area contributed by atoms with E-state index in [1.54, 1.807) is 0 Å². The molecule has 0 spiro atoms. The number of rotatable bonds is 5. The van der Waals surface area contributed by atoms with Gasteiger partial charge in [-0.3, -0.25) is 0 Å². The summed E-state index contributed by atoms with van der Waals surface area (Å²) < 4.78 is 0. The second-order valence-corrected chi connectivity index (χ2v) is 2.09. The van der Waals surface area contributed by atoms with Crippen molar-refractivity contribution in [2.75, 3.05) is 13.1 Å². The van der Waals surface area contributed by atoms with Gasteiger partial charge in [0.1, 0.15) is 0 Å². The molecule has 1 N–H and O–H groups in total. The molecule has 0 amide bonds. The van der Waals surface area contributed by atoms with E-state index >= 15 is 0 Å². The Labute approximate surface area is 63.5 Å². The summed E-state index contributed by atoms with van der Waals surface area (Å²) in [5.41, 5.74) is 0. The highest BCUT2D eigenvalue weighted by Gasteiger charge is 1.81. The summed E-state index contributed by atoms with van der Waals surface area (Å²) in [7, 11) is 0. The second-order valence-electron chi connectivity index (χ2n) is 2.09. The lowest BCUT2D eigenvalue weighted by atomic mass is 10.3. The van der Waals surface area contributed by atoms with Gasteiger partial charge < -0.3 is 5.32 Å². The van der Waals surface area contributed by atoms with Crippen LogP contribution in [0.1, 0.15) is 19.8 Å². The van der Waals surface area contributed by atoms with E-state index in [2.05, 4.69) is 23.4 Å². The molecule has 0 saturated heterocycles. The van der Waals surface area contributed by atoms with Gasteiger partial charge in [-0.05, 0) is 26.3 Å². The van der Waals surface area contributed by atoms with Crippen LogP contribution in [0.5, 0.6) is 0 Å². The Morgan fingerprint density at radius 1 is 1.60 bits per heavy atom. The van der Waals surface area contributed by atoms with Crippen molar-refractivity contribution in [2.24, 2.45) is 0 Å². The summed E-state index contributed by atoms with van der Waals surface area (Å²) in [6, 6.07) is 0. The molecule has 0 bridgehead atoms. The molecular weight excluding hydrogens is 122 g/mol. The molecule has 0 aromatic rings. The molecule has 0 radical (unpaired) electrons. The molecule has 0 aromatic heterocycles. The third-order valence-electron chi connectivity index (χ3n) is 1.19. The van der Waals surface area contributed by atoms with Gasteiger partial charge in [-0.2, -0.15) is 0 Å². The van der Waals surface area contributed by atoms with Gasteiger partial charge in [-0.15, -0.1) is 6.42 Å². The largest absolute Gasteiger partial charge is 0.306 e. The van der Waals surface area contributed by atoms with Gasteiger partial charge in [-0.25, -0.2) is 0 Å². The number of terminal acetylenes is 1. The van der Waals surface area contributed by atoms with E-state index in [1.165, 1.54) is 6.42 Å². The minimum absolute atomic E-state index is 0.690. The Balaban J connectivity index is 2.85. The van der Waals surface area contributed by atoms with Crippen LogP contribution in [0.4, 0.5) is 0 Å². The molecule has 56 valence electrons. The average Bonchev–Trinajstić information content (AvgIpc) is 1.97. The monoisotopic (exact) mass is 137 g/mol. The first-order chi connectivity index (χ1) is 4.91. The van der Waals surface area contributed by atoms with Crippen molar-refractivity contribution in [1.29, 1.82) is 0 Å². The zero-order valence-electron chi connectivity index (χ0n) is 6.56. The first-order valence-electron chi connectivity index (χ1n) is 3.67. The highest BCUT2D eigenvalue weighted by molar-refractivity contribution is 4.86. The molecule has 0 aromatic carbocycles. The van der Waals surface area contributed by atoms with E-state index in [9.17, 15) is 0 Å². The van der Waals surface area contributed by atoms with Crippen LogP contribution in [-0.2, 0) is 0 Å². The predicted molar refractivity (Wildman–Crippen MR) is 45.8 cm³/mol. The molecule has 0 fully saturated rings. The Morgan fingerprint density at radius 2 is 2.40 bits per heavy atom. The molecule has 1 heteroatoms. The van der Waals surface area contributed by atoms with Gasteiger partial charge in [0.15, 0.2) is 0 Å². The third-order valence-corrected chi connectivity index (χ3v) is 1.19. The SMILES string of the molecule is C#CCNCCC/C=C/C. The van der Waals surface area contributed by atoms with E-state index < -0.39 is 0 Å². The topological polar surface area (TPSA) is 12.0 Å². The first-order valence-corrected chi connectivity index (χ1v) is 3.67. The van der Waals surface area contributed by atoms with Crippen LogP contribution in [-0.4, -0.2) is 13.1 Å². The summed E-state index contributed by atoms with van der Waals surface area (Å²) in [4.78, 5) is 0. The lowest BCUT2D eigenvalue weighted by Crippen LogP contribution is -2.14. The molecular formula is C9H15N. The number of hydrogen-bond acceptors (Lipinski definition) is 1. The molecule has 0 aliphatic heterocycles. The Hall–Kier alpha value is -0.740. The number of nitrogens with one attached hydrogen (secondary N) is 1. The summed E-state index contributed by atoms with van der Waals surface area (Å²) in [6.45, 7) is 3.75. The normalized spacial score (nSPS) is 10.0. The fourth-order valence-electron chi connectivity index (χ4n) is 0.672. The highest BCUT2D eigenvalue weighted by atomic mass is 14.8. The van der Waals surface area contributed by atoms with Crippen LogP contribution < -0.4 is 5.32 Å². The highest BCUT2D eigenvalue weighted by Crippen LogP contribution is 1.87. The van der Waals surface area contributed by atoms with Gasteiger partial charge in [0.05, 0.1) is 6.54 Å². The Kier molecular flexibility index (Phi) is 7.65. The zero-order chi connectivity index (χ0) is 7.66. The Bertz CT molecular complexity index is 119. The van der Waals surface area contributed by atoms with Crippen molar-refractivity contribution in [3.8, 4) is 12.3 Å². The smallest absolute Gasteiger partial charge is 0.0573 e. The standard InChI is InChI=1S/C9H15N/c1-3-5-6-7-9-10-8-4-2/h2-3,5,10H,6-9H2,1H3/b5-3+. The molecule has 0 heterocycles. The molecule has 0 aliphatic carbocycles. The summed E-state index contributed by atoms with van der Waals surface area (Å²) >= 11 is 0. The lowest BCUT2D eigenvalue weighted by Gasteiger charge is -1.95. The fourth-order valence-corrected chi connectivity index (χ4v) is 0.672. The molecule has 1 nitrogen and oxygen atoms in total. The van der Waals surface area contributed by atoms with Gasteiger partial charge in [-0.1, -0.05) is 18.1 Å². The minimum atomic E-state index is 0.690. The summed E-state index contributed by atoms with van der Waals surface area (Å²) in [5, 5.41) is 3.12. The average molecular weight is 137 g/mol. The van der Waals surface area contributed by atoms with Crippen molar-refractivity contribution in [3.05, 3.63) is 12.2 Å². The van der Waals surface area contributed by atoms with E-state index in [1.807, 2.05) is 6.92 Å². The quantitative estimate of drug-likeness (QED) is 0.344. The van der Waals surface area contributed by atoms with E-state index in [-0.39, 0.29) is 0 Å². The molecule has 0 aliphatic rings. The maximum absolute atomic E-state index is 5.04. The van der Waals surface area contributed by atoms with Crippen LogP contribution in [0.15, 0.2) is 12.2 Å². The number of allylic oxidation sites excluding steroid dienone is 2. The maximum atomic E-state index is 5.04. The van der Waals surface area contributed by atoms with E-state index in [0.29, 0.717) is 6.54 Å². The van der Waals surface area contributed by atoms with Crippen LogP contribution in [0, 0.1) is 12.3 Å². The van der Waals surface area contributed by atoms with E-state index in [4.69, 9.17) is 6.42 Å². The Morgan fingerprint density at radius 3 is 3.00 bits per heavy atom. The minimum Gasteiger partial charge on any atom is -0.306 e. The van der Waals surface area contributed by atoms with Crippen molar-refractivity contribution in [1.82, 2.24) is 5.32 Å². The van der Waals surface area contributed by atoms with Crippen LogP contribution in [0.2, 0.25) is 0 Å². The summed E-state index contributed by atoms with van der Waals surface area (Å²) in [6.07, 6.45) is 11.6. The molecule has 0 unspecified atom stereocenters. The van der Waals surface area contributed by atoms with Crippen LogP contribution in [0.25, 0.3) is 0 Å². The van der Waals surface area contributed by atoms with Gasteiger partial charge in [0, 0.05) is 0 Å². The van der Waals surface area contributed by atoms with Crippen LogP contribution in [0.3, 0.4) is 0 Å². The van der Waals surface area contributed by atoms with E-state index in [0.717, 1.165) is 13.0 Å². The van der Waals surface area contributed by atoms with Gasteiger partial charge in [0.2, 0.25) is 0 Å².